The van der Waals surface area contributed by atoms with Crippen molar-refractivity contribution < 1.29 is 19.2 Å². The van der Waals surface area contributed by atoms with Gasteiger partial charge in [-0.15, -0.1) is 0 Å². The lowest BCUT2D eigenvalue weighted by atomic mass is 10.1. The number of benzene rings is 1. The minimum absolute atomic E-state index is 0.0588. The van der Waals surface area contributed by atoms with Crippen LogP contribution in [0.4, 0.5) is 5.69 Å². The summed E-state index contributed by atoms with van der Waals surface area (Å²) < 4.78 is 4.65. The number of hydrogen-bond donors (Lipinski definition) is 0. The molecule has 1 rings (SSSR count). The second-order valence-corrected chi connectivity index (χ2v) is 3.54. The predicted molar refractivity (Wildman–Crippen MR) is 58.8 cm³/mol. The Bertz CT molecular complexity index is 481. The zero-order chi connectivity index (χ0) is 13.0. The summed E-state index contributed by atoms with van der Waals surface area (Å²) in [4.78, 5) is 32.2. The predicted octanol–water partition coefficient (Wildman–Crippen LogP) is 1.65. The summed E-state index contributed by atoms with van der Waals surface area (Å²) >= 11 is 0. The summed E-state index contributed by atoms with van der Waals surface area (Å²) in [6.07, 6.45) is 0. The molecular weight excluding hydrogens is 226 g/mol. The largest absolute Gasteiger partial charge is 0.454 e. The van der Waals surface area contributed by atoms with E-state index in [2.05, 4.69) is 4.74 Å². The molecule has 0 N–H and O–H groups in total. The molecule has 90 valence electrons. The van der Waals surface area contributed by atoms with Gasteiger partial charge in [0.1, 0.15) is 6.61 Å². The summed E-state index contributed by atoms with van der Waals surface area (Å²) in [5, 5.41) is 10.7. The van der Waals surface area contributed by atoms with Crippen molar-refractivity contribution in [3.8, 4) is 0 Å². The molecule has 0 saturated heterocycles. The molecule has 0 amide bonds. The van der Waals surface area contributed by atoms with E-state index >= 15 is 0 Å². The maximum absolute atomic E-state index is 11.4. The molecule has 0 bridgehead atoms. The second kappa shape index (κ2) is 5.20. The highest BCUT2D eigenvalue weighted by Gasteiger charge is 2.16. The standard InChI is InChI=1S/C11H11NO5/c1-7-3-4-9(5-10(7)12(15)16)11(14)17-6-8(2)13/h3-5H,6H2,1-2H3. The fourth-order valence-corrected chi connectivity index (χ4v) is 1.18. The molecule has 0 spiro atoms. The number of carbonyl (C=O) groups excluding carboxylic acids is 2. The molecule has 0 atom stereocenters. The summed E-state index contributed by atoms with van der Waals surface area (Å²) in [7, 11) is 0. The van der Waals surface area contributed by atoms with E-state index in [0.717, 1.165) is 6.07 Å². The zero-order valence-corrected chi connectivity index (χ0v) is 9.43. The Hall–Kier alpha value is -2.24. The Labute approximate surface area is 97.3 Å². The van der Waals surface area contributed by atoms with Crippen molar-refractivity contribution >= 4 is 17.4 Å². The van der Waals surface area contributed by atoms with Gasteiger partial charge in [-0.05, 0) is 19.9 Å². The van der Waals surface area contributed by atoms with Gasteiger partial charge in [-0.25, -0.2) is 4.79 Å². The molecule has 0 unspecified atom stereocenters. The molecule has 0 saturated carbocycles. The van der Waals surface area contributed by atoms with Crippen molar-refractivity contribution in [2.75, 3.05) is 6.61 Å². The first kappa shape index (κ1) is 12.8. The summed E-state index contributed by atoms with van der Waals surface area (Å²) in [6, 6.07) is 4.02. The molecule has 0 fully saturated rings. The maximum atomic E-state index is 11.4. The summed E-state index contributed by atoms with van der Waals surface area (Å²) in [5.74, 6) is -1.04. The van der Waals surface area contributed by atoms with Crippen LogP contribution in [0.15, 0.2) is 18.2 Å². The van der Waals surface area contributed by atoms with Crippen LogP contribution in [0.1, 0.15) is 22.8 Å². The lowest BCUT2D eigenvalue weighted by molar-refractivity contribution is -0.385. The fraction of sp³-hybridized carbons (Fsp3) is 0.273. The van der Waals surface area contributed by atoms with Crippen LogP contribution >= 0.6 is 0 Å². The molecule has 0 radical (unpaired) electrons. The Balaban J connectivity index is 2.92. The van der Waals surface area contributed by atoms with E-state index in [1.807, 2.05) is 0 Å². The summed E-state index contributed by atoms with van der Waals surface area (Å²) in [6.45, 7) is 2.52. The minimum Gasteiger partial charge on any atom is -0.454 e. The van der Waals surface area contributed by atoms with Crippen LogP contribution in [0.25, 0.3) is 0 Å². The van der Waals surface area contributed by atoms with E-state index in [4.69, 9.17) is 0 Å². The Morgan fingerprint density at radius 2 is 2.06 bits per heavy atom. The van der Waals surface area contributed by atoms with Gasteiger partial charge in [-0.3, -0.25) is 14.9 Å². The number of esters is 1. The Kier molecular flexibility index (Phi) is 3.92. The van der Waals surface area contributed by atoms with E-state index < -0.39 is 10.9 Å². The molecule has 17 heavy (non-hydrogen) atoms. The number of rotatable bonds is 4. The number of hydrogen-bond acceptors (Lipinski definition) is 5. The van der Waals surface area contributed by atoms with Gasteiger partial charge in [-0.1, -0.05) is 6.07 Å². The summed E-state index contributed by atoms with van der Waals surface area (Å²) in [5.41, 5.74) is 0.365. The molecule has 1 aromatic rings. The lowest BCUT2D eigenvalue weighted by Gasteiger charge is -2.03. The molecule has 6 heteroatoms. The normalized spacial score (nSPS) is 9.76. The molecular formula is C11H11NO5. The molecule has 0 aliphatic heterocycles. The average Bonchev–Trinajstić information content (AvgIpc) is 2.26. The third kappa shape index (κ3) is 3.37. The molecule has 0 aromatic heterocycles. The van der Waals surface area contributed by atoms with E-state index in [0.29, 0.717) is 5.56 Å². The van der Waals surface area contributed by atoms with E-state index in [-0.39, 0.29) is 23.6 Å². The van der Waals surface area contributed by atoms with Gasteiger partial charge < -0.3 is 4.74 Å². The van der Waals surface area contributed by atoms with E-state index in [1.54, 1.807) is 6.92 Å². The van der Waals surface area contributed by atoms with Gasteiger partial charge >= 0.3 is 5.97 Å². The number of ether oxygens (including phenoxy) is 1. The van der Waals surface area contributed by atoms with Crippen LogP contribution in [-0.2, 0) is 9.53 Å². The Morgan fingerprint density at radius 1 is 1.41 bits per heavy atom. The fourth-order valence-electron chi connectivity index (χ4n) is 1.18. The van der Waals surface area contributed by atoms with E-state index in [9.17, 15) is 19.7 Å². The number of nitro groups is 1. The average molecular weight is 237 g/mol. The number of carbonyl (C=O) groups is 2. The highest BCUT2D eigenvalue weighted by Crippen LogP contribution is 2.19. The van der Waals surface area contributed by atoms with Gasteiger partial charge in [0.2, 0.25) is 0 Å². The third-order valence-electron chi connectivity index (χ3n) is 2.05. The van der Waals surface area contributed by atoms with Crippen LogP contribution in [-0.4, -0.2) is 23.3 Å². The number of aryl methyl sites for hydroxylation is 1. The van der Waals surface area contributed by atoms with E-state index in [1.165, 1.54) is 19.1 Å². The van der Waals surface area contributed by atoms with Gasteiger partial charge in [0.15, 0.2) is 5.78 Å². The van der Waals surface area contributed by atoms with Crippen LogP contribution < -0.4 is 0 Å². The zero-order valence-electron chi connectivity index (χ0n) is 9.43. The van der Waals surface area contributed by atoms with Gasteiger partial charge in [0.05, 0.1) is 10.5 Å². The molecule has 1 aromatic carbocycles. The maximum Gasteiger partial charge on any atom is 0.338 e. The quantitative estimate of drug-likeness (QED) is 0.451. The van der Waals surface area contributed by atoms with Crippen molar-refractivity contribution in [1.29, 1.82) is 0 Å². The highest BCUT2D eigenvalue weighted by molar-refractivity contribution is 5.92. The van der Waals surface area contributed by atoms with Crippen LogP contribution in [0.5, 0.6) is 0 Å². The number of nitro benzene ring substituents is 1. The van der Waals surface area contributed by atoms with Crippen LogP contribution in [0.3, 0.4) is 0 Å². The van der Waals surface area contributed by atoms with Crippen molar-refractivity contribution in [2.24, 2.45) is 0 Å². The van der Waals surface area contributed by atoms with Gasteiger partial charge in [-0.2, -0.15) is 0 Å². The first-order chi connectivity index (χ1) is 7.91. The van der Waals surface area contributed by atoms with Crippen molar-refractivity contribution in [2.45, 2.75) is 13.8 Å². The van der Waals surface area contributed by atoms with Gasteiger partial charge in [0.25, 0.3) is 5.69 Å². The Morgan fingerprint density at radius 3 is 2.59 bits per heavy atom. The topological polar surface area (TPSA) is 86.5 Å². The van der Waals surface area contributed by atoms with Crippen LogP contribution in [0, 0.1) is 17.0 Å². The lowest BCUT2D eigenvalue weighted by Crippen LogP contribution is -2.11. The second-order valence-electron chi connectivity index (χ2n) is 3.54. The first-order valence-electron chi connectivity index (χ1n) is 4.83. The monoisotopic (exact) mass is 237 g/mol. The number of ketones is 1. The SMILES string of the molecule is CC(=O)COC(=O)c1ccc(C)c([N+](=O)[O-])c1. The molecule has 0 aliphatic carbocycles. The van der Waals surface area contributed by atoms with Crippen molar-refractivity contribution in [3.05, 3.63) is 39.4 Å². The smallest absolute Gasteiger partial charge is 0.338 e. The first-order valence-corrected chi connectivity index (χ1v) is 4.83. The van der Waals surface area contributed by atoms with Crippen molar-refractivity contribution in [3.63, 3.8) is 0 Å². The van der Waals surface area contributed by atoms with Crippen molar-refractivity contribution in [1.82, 2.24) is 0 Å². The molecule has 0 aliphatic rings. The highest BCUT2D eigenvalue weighted by atomic mass is 16.6. The molecule has 0 heterocycles. The number of Topliss-reactive ketones (excluding diaryl/α,β-unsaturated/α-hetero) is 1. The third-order valence-corrected chi connectivity index (χ3v) is 2.05. The minimum atomic E-state index is -0.747. The van der Waals surface area contributed by atoms with Crippen LogP contribution in [0.2, 0.25) is 0 Å². The number of nitrogens with zero attached hydrogens (tertiary/aromatic N) is 1. The van der Waals surface area contributed by atoms with Gasteiger partial charge in [0, 0.05) is 11.6 Å². The molecule has 6 nitrogen and oxygen atoms in total.